The second-order valence-corrected chi connectivity index (χ2v) is 38.5. The molecule has 6 aliphatic rings. The molecular weight excluding hydrogens is 1500 g/mol. The van der Waals surface area contributed by atoms with E-state index in [0.29, 0.717) is 94.1 Å². The molecule has 0 aliphatic heterocycles. The molecular formula is C99H129N15O6. The van der Waals surface area contributed by atoms with Crippen molar-refractivity contribution in [1.29, 1.82) is 0 Å². The number of rotatable bonds is 27. The highest BCUT2D eigenvalue weighted by molar-refractivity contribution is 5.97. The van der Waals surface area contributed by atoms with Crippen LogP contribution in [0.4, 0.5) is 0 Å². The highest BCUT2D eigenvalue weighted by atomic mass is 16.2. The summed E-state index contributed by atoms with van der Waals surface area (Å²) in [6, 6.07) is 50.6. The molecule has 6 amide bonds. The van der Waals surface area contributed by atoms with Crippen LogP contribution in [0.25, 0.3) is 33.8 Å². The molecule has 120 heavy (non-hydrogen) atoms. The van der Waals surface area contributed by atoms with Gasteiger partial charge in [-0.2, -0.15) is 15.3 Å². The average molecular weight is 1630 g/mol. The monoisotopic (exact) mass is 1620 g/mol. The number of hydrogen-bond acceptors (Lipinski definition) is 12. The lowest BCUT2D eigenvalue weighted by molar-refractivity contribution is -0.119. The zero-order valence-corrected chi connectivity index (χ0v) is 74.2. The van der Waals surface area contributed by atoms with Crippen molar-refractivity contribution >= 4 is 35.4 Å². The summed E-state index contributed by atoms with van der Waals surface area (Å²) in [6.45, 7) is 42.4. The van der Waals surface area contributed by atoms with Crippen LogP contribution < -0.4 is 47.9 Å². The molecule has 6 saturated carbocycles. The van der Waals surface area contributed by atoms with Crippen molar-refractivity contribution in [2.24, 2.45) is 50.2 Å². The molecule has 6 bridgehead atoms. The molecule has 3 heterocycles. The summed E-state index contributed by atoms with van der Waals surface area (Å²) in [4.78, 5) is 75.3. The number of nitrogens with zero attached hydrogens (tertiary/aromatic N) is 6. The van der Waals surface area contributed by atoms with Gasteiger partial charge in [0, 0.05) is 80.8 Å². The number of carbonyl (C=O) groups excluding carboxylic acids is 6. The van der Waals surface area contributed by atoms with Gasteiger partial charge in [-0.3, -0.25) is 58.8 Å². The number of amides is 6. The largest absolute Gasteiger partial charge is 0.347 e. The van der Waals surface area contributed by atoms with E-state index in [1.165, 1.54) is 93.5 Å². The fourth-order valence-electron chi connectivity index (χ4n) is 21.1. The smallest absolute Gasteiger partial charge is 0.272 e. The van der Waals surface area contributed by atoms with Crippen molar-refractivity contribution in [3.63, 3.8) is 0 Å². The van der Waals surface area contributed by atoms with Crippen molar-refractivity contribution in [3.05, 3.63) is 229 Å². The maximum Gasteiger partial charge on any atom is 0.272 e. The first-order valence-corrected chi connectivity index (χ1v) is 43.4. The summed E-state index contributed by atoms with van der Waals surface area (Å²) in [6.07, 6.45) is 10.8. The highest BCUT2D eigenvalue weighted by Gasteiger charge is 2.62. The van der Waals surface area contributed by atoms with Crippen molar-refractivity contribution in [2.45, 2.75) is 240 Å². The molecule has 9 aromatic rings. The van der Waals surface area contributed by atoms with Crippen LogP contribution in [-0.4, -0.2) is 103 Å². The van der Waals surface area contributed by atoms with Crippen LogP contribution >= 0.6 is 0 Å². The number of carbonyl (C=O) groups is 6. The van der Waals surface area contributed by atoms with E-state index in [9.17, 15) is 28.8 Å². The topological polar surface area (TPSA) is 264 Å². The third-order valence-corrected chi connectivity index (χ3v) is 28.3. The summed E-state index contributed by atoms with van der Waals surface area (Å²) < 4.78 is 5.87. The lowest BCUT2D eigenvalue weighted by atomic mass is 9.68. The standard InChI is InChI=1S/3C33H43N5O2/c1-21-7-11-24(12-8-21)19-38-29(25-13-9-22(2)10-14-25)27(18-34-20-35-23(3)39)28(37-38)30(40)36-31-32(4,5)26-15-16-33(31,6)17-26;1-21-7-12-26(15-22(21)2)29-16-28(30(40)36-31-32(4,5)27-13-14-33(31,6)17-27)37-38(29)19-25-10-8-24(9-11-25)18-34-20-35-23(3)39;1-21-7-10-24(11-8-21)19-38-29(25-12-9-22(2)26(15-25)18-34-20-35-23(3)39)16-28(37-38)30(40)36-31-32(4,5)27-13-14-33(31,6)17-27/h7-14,26,31,34H,15-20H2,1-6H3,(H,35,39)(H,36,40);2*7-12,15-16,27,31,34H,13-14,17-20H2,1-6H3,(H,35,39)(H,36,40). The van der Waals surface area contributed by atoms with Crippen molar-refractivity contribution in [3.8, 4) is 33.8 Å². The molecule has 9 N–H and O–H groups in total. The van der Waals surface area contributed by atoms with Gasteiger partial charge >= 0.3 is 0 Å². The van der Waals surface area contributed by atoms with Crippen LogP contribution in [0, 0.1) is 91.8 Å². The Morgan fingerprint density at radius 2 is 0.733 bits per heavy atom. The molecule has 3 aromatic heterocycles. The van der Waals surface area contributed by atoms with E-state index < -0.39 is 0 Å². The average Bonchev–Trinajstić information content (AvgIpc) is 1.58. The van der Waals surface area contributed by atoms with Crippen molar-refractivity contribution in [1.82, 2.24) is 77.2 Å². The van der Waals surface area contributed by atoms with E-state index in [-0.39, 0.29) is 86.1 Å². The van der Waals surface area contributed by atoms with Gasteiger partial charge < -0.3 is 31.9 Å². The van der Waals surface area contributed by atoms with Gasteiger partial charge in [-0.15, -0.1) is 0 Å². The quantitative estimate of drug-likeness (QED) is 0.0172. The fraction of sp³-hybridized carbons (Fsp3) is 0.485. The number of hydrogen-bond donors (Lipinski definition) is 9. The molecule has 21 heteroatoms. The molecule has 636 valence electrons. The molecule has 15 rings (SSSR count). The van der Waals surface area contributed by atoms with Gasteiger partial charge in [-0.05, 0) is 218 Å². The fourth-order valence-corrected chi connectivity index (χ4v) is 21.1. The Balaban J connectivity index is 0.000000156. The second kappa shape index (κ2) is 35.8. The summed E-state index contributed by atoms with van der Waals surface area (Å²) in [5.41, 5.74) is 21.5. The Morgan fingerprint density at radius 1 is 0.375 bits per heavy atom. The van der Waals surface area contributed by atoms with Crippen LogP contribution in [0.1, 0.15) is 239 Å². The van der Waals surface area contributed by atoms with Gasteiger partial charge in [0.05, 0.1) is 56.7 Å². The first-order chi connectivity index (χ1) is 56.9. The van der Waals surface area contributed by atoms with Crippen LogP contribution in [0.3, 0.4) is 0 Å². The van der Waals surface area contributed by atoms with Crippen LogP contribution in [0.2, 0.25) is 0 Å². The lowest BCUT2D eigenvalue weighted by Gasteiger charge is -2.43. The molecule has 9 unspecified atom stereocenters. The molecule has 0 saturated heterocycles. The number of fused-ring (bicyclic) bond motifs is 6. The minimum absolute atomic E-state index is 0.0384. The zero-order chi connectivity index (χ0) is 86.0. The number of aromatic nitrogens is 6. The number of benzene rings is 6. The Morgan fingerprint density at radius 3 is 1.14 bits per heavy atom. The van der Waals surface area contributed by atoms with Crippen molar-refractivity contribution < 1.29 is 28.8 Å². The van der Waals surface area contributed by atoms with Gasteiger partial charge in [-0.1, -0.05) is 200 Å². The van der Waals surface area contributed by atoms with Gasteiger partial charge in [0.15, 0.2) is 17.1 Å². The van der Waals surface area contributed by atoms with E-state index in [4.69, 9.17) is 15.3 Å². The number of nitrogens with one attached hydrogen (secondary N) is 9. The Kier molecular flexibility index (Phi) is 26.1. The summed E-state index contributed by atoms with van der Waals surface area (Å²) >= 11 is 0. The molecule has 0 spiro atoms. The predicted octanol–water partition coefficient (Wildman–Crippen LogP) is 16.0. The van der Waals surface area contributed by atoms with Gasteiger partial charge in [0.1, 0.15) is 0 Å². The molecule has 21 nitrogen and oxygen atoms in total. The third-order valence-electron chi connectivity index (χ3n) is 28.3. The molecule has 6 aliphatic carbocycles. The van der Waals surface area contributed by atoms with Crippen molar-refractivity contribution in [2.75, 3.05) is 20.0 Å². The first-order valence-electron chi connectivity index (χ1n) is 43.4. The molecule has 6 fully saturated rings. The molecule has 0 radical (unpaired) electrons. The van der Waals surface area contributed by atoms with Gasteiger partial charge in [0.25, 0.3) is 17.7 Å². The normalized spacial score (nSPS) is 22.9. The van der Waals surface area contributed by atoms with Crippen LogP contribution in [0.5, 0.6) is 0 Å². The summed E-state index contributed by atoms with van der Waals surface area (Å²) in [5, 5.41) is 43.2. The Labute approximate surface area is 710 Å². The van der Waals surface area contributed by atoms with E-state index in [2.05, 4.69) is 285 Å². The highest BCUT2D eigenvalue weighted by Crippen LogP contribution is 2.65. The van der Waals surface area contributed by atoms with Crippen LogP contribution in [-0.2, 0) is 53.7 Å². The predicted molar refractivity (Wildman–Crippen MR) is 476 cm³/mol. The Hall–Kier alpha value is -10.4. The zero-order valence-electron chi connectivity index (χ0n) is 74.2. The minimum Gasteiger partial charge on any atom is -0.347 e. The maximum absolute atomic E-state index is 14.1. The maximum atomic E-state index is 14.1. The Bertz CT molecular complexity index is 5210. The molecule has 6 aromatic carbocycles. The van der Waals surface area contributed by atoms with E-state index in [1.807, 2.05) is 26.2 Å². The van der Waals surface area contributed by atoms with Gasteiger partial charge in [-0.25, -0.2) is 0 Å². The first kappa shape index (κ1) is 87.5. The van der Waals surface area contributed by atoms with E-state index in [0.717, 1.165) is 85.6 Å². The number of aryl methyl sites for hydroxylation is 6. The van der Waals surface area contributed by atoms with E-state index in [1.54, 1.807) is 0 Å². The van der Waals surface area contributed by atoms with E-state index >= 15 is 0 Å². The third kappa shape index (κ3) is 19.3. The van der Waals surface area contributed by atoms with Crippen LogP contribution in [0.15, 0.2) is 146 Å². The van der Waals surface area contributed by atoms with Gasteiger partial charge in [0.2, 0.25) is 17.7 Å². The summed E-state index contributed by atoms with van der Waals surface area (Å²) in [5.74, 6) is 1.41. The summed E-state index contributed by atoms with van der Waals surface area (Å²) in [7, 11) is 0. The SMILES string of the molecule is CC(=O)NCNCc1c(C(=O)NC2C3(C)CCC(C3)C2(C)C)nn(Cc2ccc(C)cc2)c1-c1ccc(C)cc1.CC(=O)NCNCc1cc(-c2cc(C(=O)NC3C4(C)CCC(C4)C3(C)C)nn2Cc2ccc(C)cc2)ccc1C.CC(=O)NCNCc1ccc(Cn2nc(C(=O)NC3C4(C)CCC(C4)C3(C)C)cc2-c2ccc(C)c(C)c2)cc1. The molecule has 9 atom stereocenters. The second-order valence-electron chi connectivity index (χ2n) is 38.5. The minimum atomic E-state index is -0.126. The lowest BCUT2D eigenvalue weighted by Crippen LogP contribution is -2.52.